The highest BCUT2D eigenvalue weighted by Crippen LogP contribution is 2.28. The molecule has 3 aromatic heterocycles. The molecule has 4 heterocycles. The number of nitrogens with one attached hydrogen (secondary N) is 2. The summed E-state index contributed by atoms with van der Waals surface area (Å²) >= 11 is 0. The van der Waals surface area contributed by atoms with Crippen molar-refractivity contribution in [3.05, 3.63) is 61.7 Å². The van der Waals surface area contributed by atoms with Crippen molar-refractivity contribution in [2.75, 3.05) is 13.1 Å². The second-order valence-corrected chi connectivity index (χ2v) is 8.75. The third-order valence-corrected chi connectivity index (χ3v) is 6.76. The van der Waals surface area contributed by atoms with E-state index in [4.69, 9.17) is 0 Å². The number of rotatable bonds is 2. The van der Waals surface area contributed by atoms with Crippen LogP contribution in [-0.2, 0) is 14.1 Å². The van der Waals surface area contributed by atoms with Crippen LogP contribution < -0.4 is 11.2 Å². The van der Waals surface area contributed by atoms with Crippen LogP contribution in [0.15, 0.2) is 27.8 Å². The summed E-state index contributed by atoms with van der Waals surface area (Å²) in [6.45, 7) is 5.27. The standard InChI is InChI=1S/C23H26N6O3/c1-12-13(2)24-17-8-7-14(10-16(12)17)21(30)29-9-5-6-15(11-29)19-25-18-20(26-19)27(3)23(32)28(4)22(18)31/h7-8,10,15,24H,5-6,9,11H2,1-4H3,(H,25,26). The Balaban J connectivity index is 1.46. The number of hydrogen-bond acceptors (Lipinski definition) is 4. The Hall–Kier alpha value is -3.62. The van der Waals surface area contributed by atoms with Crippen molar-refractivity contribution in [2.45, 2.75) is 32.6 Å². The van der Waals surface area contributed by atoms with E-state index in [1.54, 1.807) is 7.05 Å². The normalized spacial score (nSPS) is 16.9. The zero-order valence-electron chi connectivity index (χ0n) is 18.7. The lowest BCUT2D eigenvalue weighted by Crippen LogP contribution is -2.39. The molecular formula is C23H26N6O3. The first-order valence-corrected chi connectivity index (χ1v) is 10.8. The predicted molar refractivity (Wildman–Crippen MR) is 122 cm³/mol. The maximum Gasteiger partial charge on any atom is 0.332 e. The number of amides is 1. The minimum absolute atomic E-state index is 0.00530. The Morgan fingerprint density at radius 2 is 1.91 bits per heavy atom. The van der Waals surface area contributed by atoms with E-state index in [0.29, 0.717) is 35.6 Å². The average molecular weight is 435 g/mol. The van der Waals surface area contributed by atoms with E-state index >= 15 is 0 Å². The number of aryl methyl sites for hydroxylation is 3. The molecular weight excluding hydrogens is 408 g/mol. The third kappa shape index (κ3) is 2.99. The number of piperidine rings is 1. The van der Waals surface area contributed by atoms with Gasteiger partial charge in [0.15, 0.2) is 5.65 Å². The zero-order chi connectivity index (χ0) is 22.7. The van der Waals surface area contributed by atoms with Crippen LogP contribution in [0.5, 0.6) is 0 Å². The largest absolute Gasteiger partial charge is 0.358 e. The number of aromatic nitrogens is 5. The Bertz CT molecular complexity index is 1500. The van der Waals surface area contributed by atoms with Crippen LogP contribution in [0, 0.1) is 13.8 Å². The van der Waals surface area contributed by atoms with Gasteiger partial charge >= 0.3 is 5.69 Å². The number of hydrogen-bond donors (Lipinski definition) is 2. The minimum Gasteiger partial charge on any atom is -0.358 e. The zero-order valence-corrected chi connectivity index (χ0v) is 18.7. The molecule has 0 radical (unpaired) electrons. The third-order valence-electron chi connectivity index (χ3n) is 6.76. The van der Waals surface area contributed by atoms with Crippen LogP contribution in [0.4, 0.5) is 0 Å². The number of H-pyrrole nitrogens is 2. The maximum atomic E-state index is 13.3. The monoisotopic (exact) mass is 434 g/mol. The average Bonchev–Trinajstić information content (AvgIpc) is 3.37. The molecule has 1 aromatic carbocycles. The van der Waals surface area contributed by atoms with Crippen molar-refractivity contribution in [2.24, 2.45) is 14.1 Å². The lowest BCUT2D eigenvalue weighted by atomic mass is 9.96. The van der Waals surface area contributed by atoms with Crippen molar-refractivity contribution < 1.29 is 4.79 Å². The second-order valence-electron chi connectivity index (χ2n) is 8.75. The van der Waals surface area contributed by atoms with Gasteiger partial charge in [-0.1, -0.05) is 0 Å². The van der Waals surface area contributed by atoms with Gasteiger partial charge in [0, 0.05) is 55.3 Å². The summed E-state index contributed by atoms with van der Waals surface area (Å²) in [5, 5.41) is 1.07. The van der Waals surface area contributed by atoms with Gasteiger partial charge in [-0.25, -0.2) is 9.78 Å². The second kappa shape index (κ2) is 7.22. The van der Waals surface area contributed by atoms with Gasteiger partial charge in [-0.2, -0.15) is 0 Å². The van der Waals surface area contributed by atoms with Gasteiger partial charge in [0.05, 0.1) is 0 Å². The van der Waals surface area contributed by atoms with E-state index in [2.05, 4.69) is 21.9 Å². The summed E-state index contributed by atoms with van der Waals surface area (Å²) in [6.07, 6.45) is 1.70. The fourth-order valence-corrected chi connectivity index (χ4v) is 4.70. The van der Waals surface area contributed by atoms with Crippen LogP contribution in [0.2, 0.25) is 0 Å². The van der Waals surface area contributed by atoms with Crippen LogP contribution >= 0.6 is 0 Å². The molecule has 1 unspecified atom stereocenters. The van der Waals surface area contributed by atoms with Crippen LogP contribution in [0.3, 0.4) is 0 Å². The molecule has 5 rings (SSSR count). The lowest BCUT2D eigenvalue weighted by molar-refractivity contribution is 0.0705. The molecule has 0 bridgehead atoms. The highest BCUT2D eigenvalue weighted by atomic mass is 16.2. The molecule has 166 valence electrons. The van der Waals surface area contributed by atoms with E-state index in [1.165, 1.54) is 11.6 Å². The molecule has 0 saturated carbocycles. The Morgan fingerprint density at radius 1 is 1.12 bits per heavy atom. The SMILES string of the molecule is Cc1[nH]c2ccc(C(=O)N3CCCC(c4nc5c([nH]4)c(=O)n(C)c(=O)n5C)C3)cc2c1C. The fraction of sp³-hybridized carbons (Fsp3) is 0.391. The van der Waals surface area contributed by atoms with Crippen molar-refractivity contribution in [3.63, 3.8) is 0 Å². The molecule has 2 N–H and O–H groups in total. The van der Waals surface area contributed by atoms with Gasteiger partial charge in [-0.3, -0.25) is 18.7 Å². The summed E-state index contributed by atoms with van der Waals surface area (Å²) in [7, 11) is 3.06. The van der Waals surface area contributed by atoms with Gasteiger partial charge in [0.2, 0.25) is 0 Å². The number of benzene rings is 1. The first-order valence-electron chi connectivity index (χ1n) is 10.8. The summed E-state index contributed by atoms with van der Waals surface area (Å²) in [5.41, 5.74) is 3.82. The number of carbonyl (C=O) groups is 1. The number of fused-ring (bicyclic) bond motifs is 2. The molecule has 4 aromatic rings. The first-order chi connectivity index (χ1) is 15.3. The molecule has 9 heteroatoms. The fourth-order valence-electron chi connectivity index (χ4n) is 4.70. The number of carbonyl (C=O) groups excluding carboxylic acids is 1. The topological polar surface area (TPSA) is 109 Å². The number of nitrogens with zero attached hydrogens (tertiary/aromatic N) is 4. The number of aromatic amines is 2. The van der Waals surface area contributed by atoms with Crippen molar-refractivity contribution in [1.82, 2.24) is 29.0 Å². The molecule has 1 atom stereocenters. The Kier molecular flexibility index (Phi) is 4.58. The van der Waals surface area contributed by atoms with E-state index in [1.807, 2.05) is 30.0 Å². The molecule has 0 aliphatic carbocycles. The molecule has 1 aliphatic heterocycles. The molecule has 1 amide bonds. The van der Waals surface area contributed by atoms with Gasteiger partial charge in [0.1, 0.15) is 11.3 Å². The summed E-state index contributed by atoms with van der Waals surface area (Å²) < 4.78 is 2.45. The van der Waals surface area contributed by atoms with Gasteiger partial charge < -0.3 is 14.9 Å². The lowest BCUT2D eigenvalue weighted by Gasteiger charge is -2.32. The van der Waals surface area contributed by atoms with Crippen LogP contribution in [0.1, 0.15) is 46.2 Å². The van der Waals surface area contributed by atoms with Crippen LogP contribution in [0.25, 0.3) is 22.1 Å². The van der Waals surface area contributed by atoms with Crippen molar-refractivity contribution in [3.8, 4) is 0 Å². The Labute approximate surface area is 183 Å². The highest BCUT2D eigenvalue weighted by molar-refractivity contribution is 5.99. The van der Waals surface area contributed by atoms with E-state index in [-0.39, 0.29) is 11.8 Å². The van der Waals surface area contributed by atoms with E-state index in [9.17, 15) is 14.4 Å². The van der Waals surface area contributed by atoms with Crippen LogP contribution in [-0.4, -0.2) is 48.0 Å². The molecule has 0 spiro atoms. The summed E-state index contributed by atoms with van der Waals surface area (Å²) in [6, 6.07) is 5.78. The molecule has 1 aliphatic rings. The van der Waals surface area contributed by atoms with Gasteiger partial charge in [-0.05, 0) is 50.5 Å². The van der Waals surface area contributed by atoms with Gasteiger partial charge in [-0.15, -0.1) is 0 Å². The van der Waals surface area contributed by atoms with Crippen molar-refractivity contribution >= 4 is 28.0 Å². The minimum atomic E-state index is -0.410. The predicted octanol–water partition coefficient (Wildman–Crippen LogP) is 2.08. The first kappa shape index (κ1) is 20.3. The van der Waals surface area contributed by atoms with Gasteiger partial charge in [0.25, 0.3) is 11.5 Å². The molecule has 1 fully saturated rings. The molecule has 9 nitrogen and oxygen atoms in total. The molecule has 1 saturated heterocycles. The smallest absolute Gasteiger partial charge is 0.332 e. The van der Waals surface area contributed by atoms with Crippen molar-refractivity contribution in [1.29, 1.82) is 0 Å². The highest BCUT2D eigenvalue weighted by Gasteiger charge is 2.28. The maximum absolute atomic E-state index is 13.3. The number of imidazole rings is 1. The Morgan fingerprint density at radius 3 is 2.69 bits per heavy atom. The molecule has 32 heavy (non-hydrogen) atoms. The summed E-state index contributed by atoms with van der Waals surface area (Å²) in [5.74, 6) is 0.609. The number of likely N-dealkylation sites (tertiary alicyclic amines) is 1. The summed E-state index contributed by atoms with van der Waals surface area (Å²) in [4.78, 5) is 50.9. The quantitative estimate of drug-likeness (QED) is 0.503. The van der Waals surface area contributed by atoms with E-state index in [0.717, 1.165) is 39.6 Å². The van der Waals surface area contributed by atoms with E-state index < -0.39 is 11.2 Å².